The van der Waals surface area contributed by atoms with Gasteiger partial charge in [-0.05, 0) is 12.1 Å². The van der Waals surface area contributed by atoms with Gasteiger partial charge in [-0.1, -0.05) is 17.7 Å². The molecule has 0 aliphatic heterocycles. The highest BCUT2D eigenvalue weighted by Gasteiger charge is 2.00. The first-order valence-electron chi connectivity index (χ1n) is 3.09. The summed E-state index contributed by atoms with van der Waals surface area (Å²) in [4.78, 5) is 0. The molecular formula is C7H8ClFN2. The van der Waals surface area contributed by atoms with Crippen LogP contribution in [-0.2, 0) is 6.67 Å². The minimum absolute atomic E-state index is 0.511. The summed E-state index contributed by atoms with van der Waals surface area (Å²) in [5.41, 5.74) is 3.40. The summed E-state index contributed by atoms with van der Waals surface area (Å²) in [5, 5.41) is 0.537. The monoisotopic (exact) mass is 174 g/mol. The van der Waals surface area contributed by atoms with Gasteiger partial charge in [-0.3, -0.25) is 5.84 Å². The van der Waals surface area contributed by atoms with Crippen molar-refractivity contribution in [3.8, 4) is 0 Å². The molecule has 2 nitrogen and oxygen atoms in total. The molecule has 0 unspecified atom stereocenters. The molecule has 4 heteroatoms. The molecule has 1 aromatic carbocycles. The Morgan fingerprint density at radius 1 is 1.55 bits per heavy atom. The number of nitrogen functional groups attached to an aromatic ring is 1. The zero-order valence-corrected chi connectivity index (χ0v) is 6.53. The highest BCUT2D eigenvalue weighted by atomic mass is 35.5. The Morgan fingerprint density at radius 3 is 2.82 bits per heavy atom. The minimum atomic E-state index is -0.545. The van der Waals surface area contributed by atoms with Crippen LogP contribution in [0.2, 0.25) is 5.02 Å². The van der Waals surface area contributed by atoms with Crippen LogP contribution in [0.5, 0.6) is 0 Å². The Hall–Kier alpha value is -0.800. The average Bonchev–Trinajstić information content (AvgIpc) is 2.04. The average molecular weight is 175 g/mol. The van der Waals surface area contributed by atoms with Gasteiger partial charge in [-0.15, -0.1) is 0 Å². The second-order valence-electron chi connectivity index (χ2n) is 2.08. The second-order valence-corrected chi connectivity index (χ2v) is 2.52. The molecule has 0 amide bonds. The Morgan fingerprint density at radius 2 is 2.27 bits per heavy atom. The maximum atomic E-state index is 12.2. The minimum Gasteiger partial charge on any atom is -0.324 e. The SMILES string of the molecule is NNc1cc(Cl)ccc1CF. The molecule has 11 heavy (non-hydrogen) atoms. The number of anilines is 1. The molecule has 0 heterocycles. The molecule has 0 aromatic heterocycles. The van der Waals surface area contributed by atoms with Crippen molar-refractivity contribution in [3.05, 3.63) is 28.8 Å². The zero-order chi connectivity index (χ0) is 8.27. The molecule has 1 rings (SSSR count). The van der Waals surface area contributed by atoms with Crippen LogP contribution in [0.25, 0.3) is 0 Å². The van der Waals surface area contributed by atoms with E-state index < -0.39 is 6.67 Å². The van der Waals surface area contributed by atoms with Crippen LogP contribution in [0.1, 0.15) is 5.56 Å². The quantitative estimate of drug-likeness (QED) is 0.532. The van der Waals surface area contributed by atoms with E-state index in [2.05, 4.69) is 5.43 Å². The van der Waals surface area contributed by atoms with E-state index in [9.17, 15) is 4.39 Å². The van der Waals surface area contributed by atoms with Gasteiger partial charge in [0, 0.05) is 10.6 Å². The fourth-order valence-electron chi connectivity index (χ4n) is 0.800. The molecule has 0 fully saturated rings. The van der Waals surface area contributed by atoms with Gasteiger partial charge < -0.3 is 5.43 Å². The fraction of sp³-hybridized carbons (Fsp3) is 0.143. The summed E-state index contributed by atoms with van der Waals surface area (Å²) in [6.07, 6.45) is 0. The van der Waals surface area contributed by atoms with E-state index in [1.165, 1.54) is 0 Å². The second kappa shape index (κ2) is 3.55. The number of hydrogen-bond donors (Lipinski definition) is 2. The van der Waals surface area contributed by atoms with E-state index in [0.717, 1.165) is 0 Å². The van der Waals surface area contributed by atoms with Crippen LogP contribution >= 0.6 is 11.6 Å². The van der Waals surface area contributed by atoms with Gasteiger partial charge in [0.2, 0.25) is 0 Å². The first-order chi connectivity index (χ1) is 5.27. The van der Waals surface area contributed by atoms with Gasteiger partial charge in [0.1, 0.15) is 6.67 Å². The molecule has 0 radical (unpaired) electrons. The number of alkyl halides is 1. The predicted molar refractivity (Wildman–Crippen MR) is 44.1 cm³/mol. The first kappa shape index (κ1) is 8.30. The number of hydrogen-bond acceptors (Lipinski definition) is 2. The van der Waals surface area contributed by atoms with Crippen LogP contribution in [0.4, 0.5) is 10.1 Å². The highest BCUT2D eigenvalue weighted by Crippen LogP contribution is 2.20. The molecule has 0 saturated carbocycles. The normalized spacial score (nSPS) is 9.73. The summed E-state index contributed by atoms with van der Waals surface area (Å²) < 4.78 is 12.2. The van der Waals surface area contributed by atoms with Crippen molar-refractivity contribution in [3.63, 3.8) is 0 Å². The number of hydrazine groups is 1. The Bertz CT molecular complexity index is 252. The highest BCUT2D eigenvalue weighted by molar-refractivity contribution is 6.30. The summed E-state index contributed by atoms with van der Waals surface area (Å²) in [6, 6.07) is 4.80. The summed E-state index contributed by atoms with van der Waals surface area (Å²) in [5.74, 6) is 5.12. The largest absolute Gasteiger partial charge is 0.324 e. The van der Waals surface area contributed by atoms with E-state index >= 15 is 0 Å². The molecule has 3 N–H and O–H groups in total. The van der Waals surface area contributed by atoms with Gasteiger partial charge in [0.05, 0.1) is 5.69 Å². The van der Waals surface area contributed by atoms with Crippen LogP contribution < -0.4 is 11.3 Å². The third-order valence-electron chi connectivity index (χ3n) is 1.37. The third kappa shape index (κ3) is 1.82. The Labute approximate surface area is 69.1 Å². The van der Waals surface area contributed by atoms with Crippen LogP contribution in [0.3, 0.4) is 0 Å². The van der Waals surface area contributed by atoms with Gasteiger partial charge >= 0.3 is 0 Å². The first-order valence-corrected chi connectivity index (χ1v) is 3.46. The van der Waals surface area contributed by atoms with E-state index in [1.807, 2.05) is 0 Å². The number of nitrogens with one attached hydrogen (secondary N) is 1. The Kier molecular flexibility index (Phi) is 2.68. The van der Waals surface area contributed by atoms with E-state index in [4.69, 9.17) is 17.4 Å². The van der Waals surface area contributed by atoms with Crippen molar-refractivity contribution in [2.45, 2.75) is 6.67 Å². The van der Waals surface area contributed by atoms with Gasteiger partial charge in [-0.2, -0.15) is 0 Å². The molecule has 1 aromatic rings. The van der Waals surface area contributed by atoms with E-state index in [0.29, 0.717) is 16.3 Å². The number of halogens is 2. The number of rotatable bonds is 2. The topological polar surface area (TPSA) is 38.0 Å². The molecular weight excluding hydrogens is 167 g/mol. The lowest BCUT2D eigenvalue weighted by atomic mass is 10.2. The van der Waals surface area contributed by atoms with Crippen molar-refractivity contribution in [1.29, 1.82) is 0 Å². The molecule has 0 bridgehead atoms. The summed E-state index contributed by atoms with van der Waals surface area (Å²) in [6.45, 7) is -0.545. The lowest BCUT2D eigenvalue weighted by Gasteiger charge is -2.04. The van der Waals surface area contributed by atoms with Crippen molar-refractivity contribution >= 4 is 17.3 Å². The molecule has 0 aliphatic carbocycles. The molecule has 0 atom stereocenters. The third-order valence-corrected chi connectivity index (χ3v) is 1.61. The smallest absolute Gasteiger partial charge is 0.117 e. The molecule has 0 spiro atoms. The molecule has 0 saturated heterocycles. The van der Waals surface area contributed by atoms with E-state index in [-0.39, 0.29) is 0 Å². The number of benzene rings is 1. The zero-order valence-electron chi connectivity index (χ0n) is 5.77. The van der Waals surface area contributed by atoms with Gasteiger partial charge in [-0.25, -0.2) is 4.39 Å². The van der Waals surface area contributed by atoms with Crippen molar-refractivity contribution in [2.24, 2.45) is 5.84 Å². The summed E-state index contributed by atoms with van der Waals surface area (Å²) in [7, 11) is 0. The fourth-order valence-corrected chi connectivity index (χ4v) is 0.972. The van der Waals surface area contributed by atoms with Crippen molar-refractivity contribution in [1.82, 2.24) is 0 Å². The van der Waals surface area contributed by atoms with Gasteiger partial charge in [0.25, 0.3) is 0 Å². The maximum absolute atomic E-state index is 12.2. The lowest BCUT2D eigenvalue weighted by Crippen LogP contribution is -2.08. The number of nitrogens with two attached hydrogens (primary N) is 1. The van der Waals surface area contributed by atoms with Crippen molar-refractivity contribution < 1.29 is 4.39 Å². The standard InChI is InChI=1S/C7H8ClFN2/c8-6-2-1-5(4-9)7(3-6)11-10/h1-3,11H,4,10H2. The van der Waals surface area contributed by atoms with E-state index in [1.54, 1.807) is 18.2 Å². The lowest BCUT2D eigenvalue weighted by molar-refractivity contribution is 0.486. The van der Waals surface area contributed by atoms with Crippen LogP contribution in [0, 0.1) is 0 Å². The Balaban J connectivity index is 3.06. The van der Waals surface area contributed by atoms with Crippen LogP contribution in [-0.4, -0.2) is 0 Å². The predicted octanol–water partition coefficient (Wildman–Crippen LogP) is 2.10. The van der Waals surface area contributed by atoms with Gasteiger partial charge in [0.15, 0.2) is 0 Å². The van der Waals surface area contributed by atoms with Crippen LogP contribution in [0.15, 0.2) is 18.2 Å². The summed E-state index contributed by atoms with van der Waals surface area (Å²) >= 11 is 5.63. The molecule has 60 valence electrons. The maximum Gasteiger partial charge on any atom is 0.117 e. The van der Waals surface area contributed by atoms with Crippen molar-refractivity contribution in [2.75, 3.05) is 5.43 Å². The molecule has 0 aliphatic rings.